The van der Waals surface area contributed by atoms with Crippen LogP contribution < -0.4 is 0 Å². The molecular formula is C19H37O5P. The third-order valence-corrected chi connectivity index (χ3v) is 5.75. The highest BCUT2D eigenvalue weighted by Crippen LogP contribution is 2.49. The van der Waals surface area contributed by atoms with E-state index in [-0.39, 0.29) is 12.8 Å². The Balaban J connectivity index is 4.22. The summed E-state index contributed by atoms with van der Waals surface area (Å²) in [4.78, 5) is 11.4. The summed E-state index contributed by atoms with van der Waals surface area (Å²) in [5.74, 6) is -0.421. The standard InChI is InChI=1S/C19H37O5P/c1-5-7-9-11-15-23-25(21,24-16-12-10-8-6-2)17-13-14-22-19(20)18(3)4/h3,5-17H2,1-2,4H3. The van der Waals surface area contributed by atoms with Crippen molar-refractivity contribution >= 4 is 13.6 Å². The third-order valence-electron chi connectivity index (χ3n) is 3.73. The number of hydrogen-bond acceptors (Lipinski definition) is 5. The van der Waals surface area contributed by atoms with Crippen LogP contribution in [0, 0.1) is 0 Å². The van der Waals surface area contributed by atoms with Crippen LogP contribution in [-0.4, -0.2) is 32.0 Å². The number of ether oxygens (including phenoxy) is 1. The van der Waals surface area contributed by atoms with E-state index in [9.17, 15) is 9.36 Å². The summed E-state index contributed by atoms with van der Waals surface area (Å²) < 4.78 is 29.1. The van der Waals surface area contributed by atoms with E-state index in [4.69, 9.17) is 13.8 Å². The molecule has 0 atom stereocenters. The molecule has 0 rings (SSSR count). The minimum Gasteiger partial charge on any atom is -0.462 e. The smallest absolute Gasteiger partial charge is 0.333 e. The van der Waals surface area contributed by atoms with Crippen molar-refractivity contribution in [1.82, 2.24) is 0 Å². The summed E-state index contributed by atoms with van der Waals surface area (Å²) in [6.45, 7) is 10.6. The quantitative estimate of drug-likeness (QED) is 0.137. The summed E-state index contributed by atoms with van der Waals surface area (Å²) in [7, 11) is -3.11. The molecule has 0 bridgehead atoms. The largest absolute Gasteiger partial charge is 0.462 e. The molecule has 6 heteroatoms. The van der Waals surface area contributed by atoms with E-state index in [0.29, 0.717) is 25.2 Å². The van der Waals surface area contributed by atoms with Crippen LogP contribution in [0.3, 0.4) is 0 Å². The Morgan fingerprint density at radius 2 is 1.36 bits per heavy atom. The van der Waals surface area contributed by atoms with Crippen molar-refractivity contribution in [2.75, 3.05) is 26.0 Å². The Labute approximate surface area is 154 Å². The molecule has 0 aromatic rings. The fraction of sp³-hybridized carbons (Fsp3) is 0.842. The number of unbranched alkanes of at least 4 members (excludes halogenated alkanes) is 6. The zero-order valence-corrected chi connectivity index (χ0v) is 17.3. The topological polar surface area (TPSA) is 61.8 Å². The van der Waals surface area contributed by atoms with Gasteiger partial charge in [0.2, 0.25) is 0 Å². The Hall–Kier alpha value is -0.640. The lowest BCUT2D eigenvalue weighted by molar-refractivity contribution is -0.138. The lowest BCUT2D eigenvalue weighted by Gasteiger charge is -2.19. The number of carbonyl (C=O) groups is 1. The summed E-state index contributed by atoms with van der Waals surface area (Å²) in [6.07, 6.45) is 9.28. The molecule has 0 unspecified atom stereocenters. The van der Waals surface area contributed by atoms with Crippen LogP contribution in [0.5, 0.6) is 0 Å². The number of rotatable bonds is 17. The predicted octanol–water partition coefficient (Wildman–Crippen LogP) is 5.88. The van der Waals surface area contributed by atoms with Crippen molar-refractivity contribution in [3.05, 3.63) is 12.2 Å². The van der Waals surface area contributed by atoms with Gasteiger partial charge in [0.1, 0.15) is 0 Å². The van der Waals surface area contributed by atoms with Gasteiger partial charge < -0.3 is 13.8 Å². The Morgan fingerprint density at radius 1 is 0.840 bits per heavy atom. The third kappa shape index (κ3) is 14.2. The normalized spacial score (nSPS) is 11.5. The minimum atomic E-state index is -3.11. The molecule has 0 amide bonds. The zero-order valence-electron chi connectivity index (χ0n) is 16.4. The van der Waals surface area contributed by atoms with Gasteiger partial charge in [0, 0.05) is 5.57 Å². The van der Waals surface area contributed by atoms with Crippen LogP contribution in [0.4, 0.5) is 0 Å². The van der Waals surface area contributed by atoms with Crippen LogP contribution in [0.25, 0.3) is 0 Å². The lowest BCUT2D eigenvalue weighted by Crippen LogP contribution is -2.09. The molecule has 0 fully saturated rings. The van der Waals surface area contributed by atoms with Crippen molar-refractivity contribution in [3.8, 4) is 0 Å². The lowest BCUT2D eigenvalue weighted by atomic mass is 10.2. The second-order valence-corrected chi connectivity index (χ2v) is 8.58. The average molecular weight is 376 g/mol. The van der Waals surface area contributed by atoms with Crippen LogP contribution in [0.1, 0.15) is 78.6 Å². The first-order valence-electron chi connectivity index (χ1n) is 9.66. The van der Waals surface area contributed by atoms with E-state index in [1.807, 2.05) is 0 Å². The molecule has 0 N–H and O–H groups in total. The fourth-order valence-corrected chi connectivity index (χ4v) is 3.84. The highest BCUT2D eigenvalue weighted by Gasteiger charge is 2.24. The molecule has 0 heterocycles. The van der Waals surface area contributed by atoms with Gasteiger partial charge in [0.15, 0.2) is 0 Å². The molecule has 148 valence electrons. The summed E-state index contributed by atoms with van der Waals surface area (Å²) in [6, 6.07) is 0. The minimum absolute atomic E-state index is 0.202. The molecular weight excluding hydrogens is 339 g/mol. The number of hydrogen-bond donors (Lipinski definition) is 0. The van der Waals surface area contributed by atoms with Crippen molar-refractivity contribution in [1.29, 1.82) is 0 Å². The van der Waals surface area contributed by atoms with Gasteiger partial charge in [-0.25, -0.2) is 4.79 Å². The second kappa shape index (κ2) is 15.6. The van der Waals surface area contributed by atoms with Gasteiger partial charge in [0.05, 0.1) is 26.0 Å². The van der Waals surface area contributed by atoms with Crippen LogP contribution in [0.15, 0.2) is 12.2 Å². The molecule has 0 spiro atoms. The Bertz CT molecular complexity index is 391. The van der Waals surface area contributed by atoms with E-state index in [1.54, 1.807) is 6.92 Å². The van der Waals surface area contributed by atoms with Crippen molar-refractivity contribution in [2.45, 2.75) is 78.6 Å². The SMILES string of the molecule is C=C(C)C(=O)OCCCP(=O)(OCCCCCC)OCCCCCC. The van der Waals surface area contributed by atoms with Gasteiger partial charge >= 0.3 is 13.6 Å². The maximum absolute atomic E-state index is 12.9. The number of carbonyl (C=O) groups excluding carboxylic acids is 1. The molecule has 5 nitrogen and oxygen atoms in total. The maximum atomic E-state index is 12.9. The Morgan fingerprint density at radius 3 is 1.80 bits per heavy atom. The first-order chi connectivity index (χ1) is 11.9. The zero-order chi connectivity index (χ0) is 19.0. The molecule has 25 heavy (non-hydrogen) atoms. The van der Waals surface area contributed by atoms with Crippen LogP contribution in [0.2, 0.25) is 0 Å². The molecule has 0 aliphatic rings. The van der Waals surface area contributed by atoms with Crippen LogP contribution >= 0.6 is 7.60 Å². The van der Waals surface area contributed by atoms with Gasteiger partial charge in [-0.15, -0.1) is 0 Å². The van der Waals surface area contributed by atoms with Crippen molar-refractivity contribution in [3.63, 3.8) is 0 Å². The summed E-state index contributed by atoms with van der Waals surface area (Å²) >= 11 is 0. The highest BCUT2D eigenvalue weighted by atomic mass is 31.2. The molecule has 0 radical (unpaired) electrons. The molecule has 0 saturated carbocycles. The first-order valence-corrected chi connectivity index (χ1v) is 11.4. The first kappa shape index (κ1) is 24.4. The maximum Gasteiger partial charge on any atom is 0.333 e. The highest BCUT2D eigenvalue weighted by molar-refractivity contribution is 7.53. The molecule has 0 aliphatic heterocycles. The summed E-state index contributed by atoms with van der Waals surface area (Å²) in [5.41, 5.74) is 0.363. The predicted molar refractivity (Wildman–Crippen MR) is 103 cm³/mol. The molecule has 0 aliphatic carbocycles. The second-order valence-electron chi connectivity index (χ2n) is 6.39. The average Bonchev–Trinajstić information content (AvgIpc) is 2.58. The van der Waals surface area contributed by atoms with Crippen molar-refractivity contribution in [2.24, 2.45) is 0 Å². The van der Waals surface area contributed by atoms with Gasteiger partial charge in [-0.05, 0) is 26.2 Å². The fourth-order valence-electron chi connectivity index (χ4n) is 2.18. The Kier molecular flexibility index (Phi) is 15.2. The van der Waals surface area contributed by atoms with E-state index in [2.05, 4.69) is 20.4 Å². The van der Waals surface area contributed by atoms with Gasteiger partial charge in [0.25, 0.3) is 0 Å². The van der Waals surface area contributed by atoms with E-state index in [0.717, 1.165) is 51.4 Å². The van der Waals surface area contributed by atoms with Crippen molar-refractivity contribution < 1.29 is 23.1 Å². The number of esters is 1. The molecule has 0 aromatic carbocycles. The van der Waals surface area contributed by atoms with Gasteiger partial charge in [-0.3, -0.25) is 4.57 Å². The monoisotopic (exact) mass is 376 g/mol. The van der Waals surface area contributed by atoms with E-state index >= 15 is 0 Å². The molecule has 0 saturated heterocycles. The van der Waals surface area contributed by atoms with Gasteiger partial charge in [-0.1, -0.05) is 59.0 Å². The van der Waals surface area contributed by atoms with E-state index < -0.39 is 13.6 Å². The summed E-state index contributed by atoms with van der Waals surface area (Å²) in [5, 5.41) is 0. The van der Waals surface area contributed by atoms with Gasteiger partial charge in [-0.2, -0.15) is 0 Å². The molecule has 0 aromatic heterocycles. The van der Waals surface area contributed by atoms with E-state index in [1.165, 1.54) is 0 Å². The van der Waals surface area contributed by atoms with Crippen LogP contribution in [-0.2, 0) is 23.1 Å².